The molecule has 0 aromatic rings. The van der Waals surface area contributed by atoms with E-state index in [4.69, 9.17) is 5.11 Å². The lowest BCUT2D eigenvalue weighted by Crippen LogP contribution is -2.54. The van der Waals surface area contributed by atoms with E-state index < -0.39 is 0 Å². The average Bonchev–Trinajstić information content (AvgIpc) is 3.20. The molecule has 0 aromatic heterocycles. The highest BCUT2D eigenvalue weighted by molar-refractivity contribution is 5.71. The number of allylic oxidation sites excluding steroid dienone is 1. The maximum Gasteiger partial charge on any atom is 0.145 e. The maximum atomic E-state index is 10.3. The number of aldehydes is 1. The number of rotatable bonds is 9. The van der Waals surface area contributed by atoms with Gasteiger partial charge < -0.3 is 10.2 Å². The third-order valence-electron chi connectivity index (χ3n) is 11.7. The van der Waals surface area contributed by atoms with E-state index in [9.17, 15) is 9.90 Å². The molecule has 4 aliphatic rings. The molecule has 0 saturated heterocycles. The molecule has 208 valence electrons. The second-order valence-electron chi connectivity index (χ2n) is 14.2. The molecule has 0 radical (unpaired) electrons. The van der Waals surface area contributed by atoms with Crippen LogP contribution in [-0.4, -0.2) is 29.2 Å². The van der Waals surface area contributed by atoms with E-state index in [0.717, 1.165) is 60.6 Å². The smallest absolute Gasteiger partial charge is 0.145 e. The first kappa shape index (κ1) is 29.9. The summed E-state index contributed by atoms with van der Waals surface area (Å²) in [6.07, 6.45) is 18.6. The molecular formula is C33H58O3. The summed E-state index contributed by atoms with van der Waals surface area (Å²) in [4.78, 5) is 9.83. The van der Waals surface area contributed by atoms with E-state index in [1.165, 1.54) is 64.2 Å². The summed E-state index contributed by atoms with van der Waals surface area (Å²) in [5, 5.41) is 18.5. The number of aliphatic hydroxyl groups is 2. The number of hydrogen-bond acceptors (Lipinski definition) is 3. The van der Waals surface area contributed by atoms with Crippen molar-refractivity contribution in [3.05, 3.63) is 12.2 Å². The molecule has 2 N–H and O–H groups in total. The Morgan fingerprint density at radius 2 is 1.64 bits per heavy atom. The predicted octanol–water partition coefficient (Wildman–Crippen LogP) is 7.98. The van der Waals surface area contributed by atoms with E-state index in [1.807, 2.05) is 0 Å². The second-order valence-corrected chi connectivity index (χ2v) is 14.2. The van der Waals surface area contributed by atoms with Crippen molar-refractivity contribution in [1.82, 2.24) is 0 Å². The van der Waals surface area contributed by atoms with Crippen molar-refractivity contribution < 1.29 is 15.0 Å². The van der Waals surface area contributed by atoms with Gasteiger partial charge in [-0.25, -0.2) is 0 Å². The van der Waals surface area contributed by atoms with Crippen LogP contribution in [0.5, 0.6) is 0 Å². The fourth-order valence-electron chi connectivity index (χ4n) is 9.63. The first-order valence-electron chi connectivity index (χ1n) is 15.5. The van der Waals surface area contributed by atoms with Gasteiger partial charge in [0.1, 0.15) is 6.29 Å². The summed E-state index contributed by atoms with van der Waals surface area (Å²) >= 11 is 0. The Labute approximate surface area is 222 Å². The molecule has 4 aliphatic carbocycles. The molecule has 0 amide bonds. The van der Waals surface area contributed by atoms with Crippen LogP contribution < -0.4 is 0 Å². The lowest BCUT2D eigenvalue weighted by atomic mass is 9.44. The molecule has 0 bridgehead atoms. The second kappa shape index (κ2) is 12.9. The van der Waals surface area contributed by atoms with Gasteiger partial charge in [0, 0.05) is 6.61 Å². The molecule has 8 unspecified atom stereocenters. The minimum atomic E-state index is -0.00830. The van der Waals surface area contributed by atoms with Crippen molar-refractivity contribution in [2.75, 3.05) is 6.61 Å². The van der Waals surface area contributed by atoms with Crippen LogP contribution in [0.2, 0.25) is 0 Å². The van der Waals surface area contributed by atoms with Crippen LogP contribution in [0.4, 0.5) is 0 Å². The van der Waals surface area contributed by atoms with Crippen LogP contribution in [0.25, 0.3) is 0 Å². The zero-order valence-corrected chi connectivity index (χ0v) is 24.3. The Morgan fingerprint density at radius 3 is 2.31 bits per heavy atom. The van der Waals surface area contributed by atoms with Crippen molar-refractivity contribution in [2.24, 2.45) is 52.3 Å². The van der Waals surface area contributed by atoms with E-state index in [2.05, 4.69) is 41.2 Å². The third kappa shape index (κ3) is 6.48. The molecule has 0 spiro atoms. The van der Waals surface area contributed by atoms with Crippen LogP contribution in [0.3, 0.4) is 0 Å². The summed E-state index contributed by atoms with van der Waals surface area (Å²) in [7, 11) is 0. The first-order chi connectivity index (χ1) is 17.1. The van der Waals surface area contributed by atoms with Gasteiger partial charge in [0.2, 0.25) is 0 Å². The number of carbonyl (C=O) groups excluding carboxylic acids is 1. The maximum absolute atomic E-state index is 10.3. The summed E-state index contributed by atoms with van der Waals surface area (Å²) in [5.74, 6) is 6.49. The Morgan fingerprint density at radius 1 is 0.944 bits per heavy atom. The van der Waals surface area contributed by atoms with Gasteiger partial charge in [-0.05, 0) is 128 Å². The van der Waals surface area contributed by atoms with Gasteiger partial charge in [0.15, 0.2) is 0 Å². The summed E-state index contributed by atoms with van der Waals surface area (Å²) in [5.41, 5.74) is 1.71. The third-order valence-corrected chi connectivity index (χ3v) is 11.7. The van der Waals surface area contributed by atoms with E-state index in [1.54, 1.807) is 0 Å². The van der Waals surface area contributed by atoms with E-state index >= 15 is 0 Å². The Balaban J connectivity index is 0.000000392. The molecule has 9 atom stereocenters. The molecule has 0 aromatic carbocycles. The Kier molecular flexibility index (Phi) is 10.7. The fraction of sp³-hybridized carbons (Fsp3) is 0.909. The quantitative estimate of drug-likeness (QED) is 0.248. The highest BCUT2D eigenvalue weighted by Gasteiger charge is 2.60. The number of hydrogen-bond donors (Lipinski definition) is 2. The lowest BCUT2D eigenvalue weighted by Gasteiger charge is -2.61. The summed E-state index contributed by atoms with van der Waals surface area (Å²) < 4.78 is 0. The van der Waals surface area contributed by atoms with Gasteiger partial charge >= 0.3 is 0 Å². The fourth-order valence-corrected chi connectivity index (χ4v) is 9.63. The van der Waals surface area contributed by atoms with Crippen molar-refractivity contribution in [1.29, 1.82) is 0 Å². The van der Waals surface area contributed by atoms with Crippen molar-refractivity contribution >= 4 is 6.29 Å². The molecule has 36 heavy (non-hydrogen) atoms. The number of aliphatic hydroxyl groups excluding tert-OH is 2. The average molecular weight is 503 g/mol. The summed E-state index contributed by atoms with van der Waals surface area (Å²) in [6, 6.07) is 0. The molecule has 4 rings (SSSR count). The Hall–Kier alpha value is -0.670. The van der Waals surface area contributed by atoms with Crippen LogP contribution >= 0.6 is 0 Å². The minimum absolute atomic E-state index is 0.00830. The number of fused-ring (bicyclic) bond motifs is 5. The van der Waals surface area contributed by atoms with Gasteiger partial charge in [-0.3, -0.25) is 4.79 Å². The molecule has 3 heteroatoms. The minimum Gasteiger partial charge on any atom is -0.396 e. The number of carbonyl (C=O) groups is 1. The molecule has 3 nitrogen and oxygen atoms in total. The van der Waals surface area contributed by atoms with Crippen molar-refractivity contribution in [3.8, 4) is 0 Å². The van der Waals surface area contributed by atoms with Crippen LogP contribution in [0.1, 0.15) is 125 Å². The summed E-state index contributed by atoms with van der Waals surface area (Å²) in [6.45, 7) is 16.2. The predicted molar refractivity (Wildman–Crippen MR) is 151 cm³/mol. The highest BCUT2D eigenvalue weighted by Crippen LogP contribution is 2.68. The van der Waals surface area contributed by atoms with Crippen molar-refractivity contribution in [3.63, 3.8) is 0 Å². The van der Waals surface area contributed by atoms with Gasteiger partial charge in [0.25, 0.3) is 0 Å². The molecule has 4 saturated carbocycles. The largest absolute Gasteiger partial charge is 0.396 e. The molecule has 0 aliphatic heterocycles. The van der Waals surface area contributed by atoms with Crippen LogP contribution in [0.15, 0.2) is 12.2 Å². The van der Waals surface area contributed by atoms with Crippen molar-refractivity contribution in [2.45, 2.75) is 131 Å². The van der Waals surface area contributed by atoms with E-state index in [-0.39, 0.29) is 12.7 Å². The van der Waals surface area contributed by atoms with E-state index in [0.29, 0.717) is 29.2 Å². The normalized spacial score (nSPS) is 40.3. The molecular weight excluding hydrogens is 444 g/mol. The standard InChI is InChI=1S/C27H48O.C6H10O2/c1-18(2)7-6-8-19(3)23-11-12-24-22-10-9-20-17-21(28)13-15-26(20,4)25(22)14-16-27(23,24)5;1-6(5-8)3-2-4-7/h18-25,28H,6-17H2,1-5H3;5,7H,1-4H2/t19-,20?,21?,22?,23?,24?,25?,26?,27?;/m1./s1. The SMILES string of the molecule is C=C(C=O)CCCO.CC(C)CCC[C@@H](C)C1CCC2C3CCC4CC(O)CCC4(C)C3CCC21C. The zero-order valence-electron chi connectivity index (χ0n) is 24.3. The van der Waals surface area contributed by atoms with Gasteiger partial charge in [-0.1, -0.05) is 60.5 Å². The topological polar surface area (TPSA) is 57.5 Å². The van der Waals surface area contributed by atoms with Crippen LogP contribution in [0, 0.1) is 52.3 Å². The lowest BCUT2D eigenvalue weighted by molar-refractivity contribution is -0.129. The van der Waals surface area contributed by atoms with Crippen LogP contribution in [-0.2, 0) is 4.79 Å². The van der Waals surface area contributed by atoms with Gasteiger partial charge in [-0.15, -0.1) is 0 Å². The van der Waals surface area contributed by atoms with Gasteiger partial charge in [-0.2, -0.15) is 0 Å². The first-order valence-corrected chi connectivity index (χ1v) is 15.5. The van der Waals surface area contributed by atoms with Gasteiger partial charge in [0.05, 0.1) is 6.10 Å². The zero-order chi connectivity index (χ0) is 26.5. The Bertz CT molecular complexity index is 716. The highest BCUT2D eigenvalue weighted by atomic mass is 16.3. The molecule has 0 heterocycles. The molecule has 4 fully saturated rings. The monoisotopic (exact) mass is 502 g/mol.